The summed E-state index contributed by atoms with van der Waals surface area (Å²) in [5.74, 6) is 1.88. The maximum Gasteiger partial charge on any atom is 0.203 e. The van der Waals surface area contributed by atoms with Crippen molar-refractivity contribution < 1.29 is 18.7 Å². The lowest BCUT2D eigenvalue weighted by Gasteiger charge is -2.13. The molecule has 2 rings (SSSR count). The van der Waals surface area contributed by atoms with E-state index in [-0.39, 0.29) is 0 Å². The first-order valence-electron chi connectivity index (χ1n) is 5.45. The Kier molecular flexibility index (Phi) is 3.72. The Morgan fingerprint density at radius 3 is 2.11 bits per heavy atom. The number of rotatable bonds is 5. The molecule has 0 aliphatic carbocycles. The number of benzene rings is 1. The van der Waals surface area contributed by atoms with Crippen LogP contribution in [0.2, 0.25) is 0 Å². The molecule has 1 aromatic heterocycles. The number of hydrogen-bond acceptors (Lipinski definition) is 5. The minimum absolute atomic E-state index is 0.592. The van der Waals surface area contributed by atoms with Crippen LogP contribution < -0.4 is 14.2 Å². The normalized spacial score (nSPS) is 10.2. The van der Waals surface area contributed by atoms with Crippen molar-refractivity contribution in [1.82, 2.24) is 5.16 Å². The van der Waals surface area contributed by atoms with Crippen LogP contribution in [0.25, 0.3) is 0 Å². The average Bonchev–Trinajstić information content (AvgIpc) is 2.90. The van der Waals surface area contributed by atoms with Gasteiger partial charge in [-0.2, -0.15) is 0 Å². The van der Waals surface area contributed by atoms with Gasteiger partial charge in [0.2, 0.25) is 5.75 Å². The highest BCUT2D eigenvalue weighted by Gasteiger charge is 2.13. The smallest absolute Gasteiger partial charge is 0.203 e. The number of aromatic nitrogens is 1. The van der Waals surface area contributed by atoms with Crippen molar-refractivity contribution >= 4 is 0 Å². The van der Waals surface area contributed by atoms with Gasteiger partial charge in [-0.15, -0.1) is 0 Å². The molecule has 0 atom stereocenters. The maximum atomic E-state index is 5.29. The molecule has 5 heteroatoms. The van der Waals surface area contributed by atoms with Crippen LogP contribution in [0.1, 0.15) is 11.1 Å². The van der Waals surface area contributed by atoms with Crippen LogP contribution in [0.15, 0.2) is 29.1 Å². The molecular formula is C13H15NO4. The molecule has 0 fully saturated rings. The fourth-order valence-electron chi connectivity index (χ4n) is 1.79. The van der Waals surface area contributed by atoms with Gasteiger partial charge in [-0.05, 0) is 17.7 Å². The number of methoxy groups -OCH3 is 3. The minimum atomic E-state index is 0.592. The summed E-state index contributed by atoms with van der Waals surface area (Å²) in [7, 11) is 4.78. The summed E-state index contributed by atoms with van der Waals surface area (Å²) in [6.07, 6.45) is 3.99. The SMILES string of the molecule is COc1cc(Cc2cnoc2)cc(OC)c1OC. The highest BCUT2D eigenvalue weighted by atomic mass is 16.5. The van der Waals surface area contributed by atoms with Crippen molar-refractivity contribution in [1.29, 1.82) is 0 Å². The summed E-state index contributed by atoms with van der Waals surface area (Å²) in [4.78, 5) is 0. The molecule has 96 valence electrons. The fraction of sp³-hybridized carbons (Fsp3) is 0.308. The Balaban J connectivity index is 2.37. The Morgan fingerprint density at radius 1 is 1.00 bits per heavy atom. The Bertz CT molecular complexity index is 483. The zero-order chi connectivity index (χ0) is 13.0. The van der Waals surface area contributed by atoms with E-state index in [0.717, 1.165) is 11.1 Å². The lowest BCUT2D eigenvalue weighted by molar-refractivity contribution is 0.324. The summed E-state index contributed by atoms with van der Waals surface area (Å²) in [5.41, 5.74) is 2.02. The molecule has 0 radical (unpaired) electrons. The van der Waals surface area contributed by atoms with Gasteiger partial charge in [-0.25, -0.2) is 0 Å². The highest BCUT2D eigenvalue weighted by molar-refractivity contribution is 5.54. The third-order valence-corrected chi connectivity index (χ3v) is 2.62. The van der Waals surface area contributed by atoms with E-state index in [4.69, 9.17) is 18.7 Å². The molecule has 0 unspecified atom stereocenters. The van der Waals surface area contributed by atoms with Gasteiger partial charge < -0.3 is 18.7 Å². The molecule has 0 saturated heterocycles. The number of hydrogen-bond donors (Lipinski definition) is 0. The van der Waals surface area contributed by atoms with Gasteiger partial charge in [0.05, 0.1) is 27.5 Å². The number of ether oxygens (including phenoxy) is 3. The van der Waals surface area contributed by atoms with E-state index in [1.165, 1.54) is 0 Å². The summed E-state index contributed by atoms with van der Waals surface area (Å²) >= 11 is 0. The number of nitrogens with zero attached hydrogens (tertiary/aromatic N) is 1. The standard InChI is InChI=1S/C13H15NO4/c1-15-11-5-9(4-10-7-14-18-8-10)6-12(16-2)13(11)17-3/h5-8H,4H2,1-3H3. The first kappa shape index (κ1) is 12.3. The van der Waals surface area contributed by atoms with Crippen LogP contribution in [0, 0.1) is 0 Å². The van der Waals surface area contributed by atoms with Crippen molar-refractivity contribution in [3.05, 3.63) is 35.7 Å². The van der Waals surface area contributed by atoms with Crippen LogP contribution in [-0.2, 0) is 6.42 Å². The van der Waals surface area contributed by atoms with Crippen molar-refractivity contribution in [2.45, 2.75) is 6.42 Å². The van der Waals surface area contributed by atoms with Gasteiger partial charge in [0.1, 0.15) is 6.26 Å². The summed E-state index contributed by atoms with van der Waals surface area (Å²) < 4.78 is 20.7. The summed E-state index contributed by atoms with van der Waals surface area (Å²) in [5, 5.41) is 3.68. The van der Waals surface area contributed by atoms with Crippen LogP contribution in [0.4, 0.5) is 0 Å². The topological polar surface area (TPSA) is 53.7 Å². The fourth-order valence-corrected chi connectivity index (χ4v) is 1.79. The first-order chi connectivity index (χ1) is 8.78. The van der Waals surface area contributed by atoms with E-state index in [0.29, 0.717) is 23.7 Å². The molecule has 2 aromatic rings. The van der Waals surface area contributed by atoms with Crippen LogP contribution in [0.3, 0.4) is 0 Å². The second-order valence-electron chi connectivity index (χ2n) is 3.74. The van der Waals surface area contributed by atoms with Crippen molar-refractivity contribution in [2.75, 3.05) is 21.3 Å². The molecule has 0 aliphatic rings. The third kappa shape index (κ3) is 2.40. The van der Waals surface area contributed by atoms with Crippen LogP contribution in [-0.4, -0.2) is 26.5 Å². The van der Waals surface area contributed by atoms with E-state index in [9.17, 15) is 0 Å². The predicted octanol–water partition coefficient (Wildman–Crippen LogP) is 2.29. The van der Waals surface area contributed by atoms with Crippen molar-refractivity contribution in [3.63, 3.8) is 0 Å². The Morgan fingerprint density at radius 2 is 1.67 bits per heavy atom. The van der Waals surface area contributed by atoms with Gasteiger partial charge in [-0.1, -0.05) is 5.16 Å². The first-order valence-corrected chi connectivity index (χ1v) is 5.45. The van der Waals surface area contributed by atoms with Crippen molar-refractivity contribution in [3.8, 4) is 17.2 Å². The summed E-state index contributed by atoms with van der Waals surface area (Å²) in [6.45, 7) is 0. The van der Waals surface area contributed by atoms with Crippen molar-refractivity contribution in [2.24, 2.45) is 0 Å². The van der Waals surface area contributed by atoms with Gasteiger partial charge >= 0.3 is 0 Å². The lowest BCUT2D eigenvalue weighted by Crippen LogP contribution is -1.97. The molecule has 0 bridgehead atoms. The second kappa shape index (κ2) is 5.44. The Labute approximate surface area is 105 Å². The molecule has 1 aromatic carbocycles. The lowest BCUT2D eigenvalue weighted by atomic mass is 10.1. The van der Waals surface area contributed by atoms with Gasteiger partial charge in [0, 0.05) is 12.0 Å². The zero-order valence-corrected chi connectivity index (χ0v) is 10.6. The molecule has 0 spiro atoms. The Hall–Kier alpha value is -2.17. The van der Waals surface area contributed by atoms with E-state index < -0.39 is 0 Å². The second-order valence-corrected chi connectivity index (χ2v) is 3.74. The van der Waals surface area contributed by atoms with E-state index in [2.05, 4.69) is 5.16 Å². The van der Waals surface area contributed by atoms with Gasteiger partial charge in [0.15, 0.2) is 11.5 Å². The van der Waals surface area contributed by atoms with Gasteiger partial charge in [0.25, 0.3) is 0 Å². The molecular weight excluding hydrogens is 234 g/mol. The predicted molar refractivity (Wildman–Crippen MR) is 65.4 cm³/mol. The van der Waals surface area contributed by atoms with Crippen LogP contribution in [0.5, 0.6) is 17.2 Å². The largest absolute Gasteiger partial charge is 0.493 e. The molecule has 0 saturated carbocycles. The quantitative estimate of drug-likeness (QED) is 0.813. The van der Waals surface area contributed by atoms with Crippen LogP contribution >= 0.6 is 0 Å². The molecule has 0 N–H and O–H groups in total. The highest BCUT2D eigenvalue weighted by Crippen LogP contribution is 2.38. The monoisotopic (exact) mass is 249 g/mol. The molecule has 18 heavy (non-hydrogen) atoms. The molecule has 0 amide bonds. The van der Waals surface area contributed by atoms with E-state index in [1.54, 1.807) is 33.8 Å². The molecule has 5 nitrogen and oxygen atoms in total. The average molecular weight is 249 g/mol. The minimum Gasteiger partial charge on any atom is -0.493 e. The van der Waals surface area contributed by atoms with Gasteiger partial charge in [-0.3, -0.25) is 0 Å². The van der Waals surface area contributed by atoms with E-state index >= 15 is 0 Å². The molecule has 0 aliphatic heterocycles. The molecule has 1 heterocycles. The van der Waals surface area contributed by atoms with E-state index in [1.807, 2.05) is 12.1 Å². The third-order valence-electron chi connectivity index (χ3n) is 2.62. The maximum absolute atomic E-state index is 5.29. The zero-order valence-electron chi connectivity index (χ0n) is 10.6. The summed E-state index contributed by atoms with van der Waals surface area (Å²) in [6, 6.07) is 3.82.